The molecule has 1 unspecified atom stereocenters. The Labute approximate surface area is 531 Å². The van der Waals surface area contributed by atoms with E-state index in [1.807, 2.05) is 6.92 Å². The molecular weight excluding hydrogens is 1190 g/mol. The first-order chi connectivity index (χ1) is 42.3. The number of halogens is 4. The fourth-order valence-corrected chi connectivity index (χ4v) is 12.9. The van der Waals surface area contributed by atoms with Crippen molar-refractivity contribution >= 4 is 76.6 Å². The van der Waals surface area contributed by atoms with E-state index in [-0.39, 0.29) is 57.4 Å². The predicted molar refractivity (Wildman–Crippen MR) is 329 cm³/mol. The summed E-state index contributed by atoms with van der Waals surface area (Å²) in [5, 5.41) is 11.0. The van der Waals surface area contributed by atoms with E-state index in [9.17, 15) is 56.3 Å². The number of aryl methyl sites for hydroxylation is 1. The largest absolute Gasteiger partial charge is 0.417 e. The van der Waals surface area contributed by atoms with Gasteiger partial charge in [0.15, 0.2) is 0 Å². The summed E-state index contributed by atoms with van der Waals surface area (Å²) in [5.74, 6) is -7.77. The second kappa shape index (κ2) is 31.1. The first-order valence-corrected chi connectivity index (χ1v) is 31.7. The molecule has 0 radical (unpaired) electrons. The molecule has 2 saturated carbocycles. The number of likely N-dealkylation sites (N-methyl/N-ethyl adjacent to an activating group) is 6. The minimum absolute atomic E-state index is 0.0469. The van der Waals surface area contributed by atoms with Gasteiger partial charge in [-0.15, -0.1) is 0 Å². The highest BCUT2D eigenvalue weighted by Gasteiger charge is 2.50. The smallest absolute Gasteiger partial charge is 0.351 e. The van der Waals surface area contributed by atoms with Gasteiger partial charge in [0.05, 0.1) is 23.7 Å². The lowest BCUT2D eigenvalue weighted by atomic mass is 9.90. The van der Waals surface area contributed by atoms with E-state index >= 15 is 9.59 Å². The van der Waals surface area contributed by atoms with Crippen LogP contribution in [0.15, 0.2) is 48.5 Å². The van der Waals surface area contributed by atoms with E-state index in [2.05, 4.69) is 21.3 Å². The van der Waals surface area contributed by atoms with Crippen molar-refractivity contribution in [3.8, 4) is 0 Å². The molecule has 90 heavy (non-hydrogen) atoms. The van der Waals surface area contributed by atoms with Gasteiger partial charge >= 0.3 is 6.18 Å². The first-order valence-electron chi connectivity index (χ1n) is 31.3. The Morgan fingerprint density at radius 2 is 1.24 bits per heavy atom. The van der Waals surface area contributed by atoms with Gasteiger partial charge in [-0.1, -0.05) is 94.0 Å². The second-order valence-corrected chi connectivity index (χ2v) is 25.6. The minimum Gasteiger partial charge on any atom is -0.351 e. The molecule has 2 aromatic carbocycles. The second-order valence-electron chi connectivity index (χ2n) is 25.2. The molecule has 6 rings (SSSR count). The average Bonchev–Trinajstić information content (AvgIpc) is 1.55. The third-order valence-corrected chi connectivity index (χ3v) is 19.2. The summed E-state index contributed by atoms with van der Waals surface area (Å²) in [6.45, 7) is 7.08. The van der Waals surface area contributed by atoms with Gasteiger partial charge in [-0.25, -0.2) is 0 Å². The molecule has 4 N–H and O–H groups in total. The number of hydrogen-bond donors (Lipinski definition) is 4. The van der Waals surface area contributed by atoms with Crippen LogP contribution in [0, 0.1) is 11.8 Å². The SMILES string of the molecule is CC[C@H](C)[C@@H]1NC(=O)[C@H](C)N(C)C(=O)C[C@@H](C)NC(=O)[C@H](C2CCCC2)N(C)C(=O)C2(CCCC2)NC(=O)C2CCCN2C(=O)[C@H](CCc2ccc(C(F)(F)F)c(Cl)c2)NC(=O)[C@@H](C)N(C)C(=O)[C@H](Cc2ccccc2)N(C)C(=O)CN(C)C(=O)CN(C)C1=O. The maximum absolute atomic E-state index is 15.2. The van der Waals surface area contributed by atoms with Crippen molar-refractivity contribution in [1.29, 1.82) is 0 Å². The fraction of sp³-hybridized carbons (Fsp3) is 0.641. The van der Waals surface area contributed by atoms with E-state index in [4.69, 9.17) is 11.6 Å². The van der Waals surface area contributed by atoms with Crippen LogP contribution in [0.1, 0.15) is 135 Å². The lowest BCUT2D eigenvalue weighted by Crippen LogP contribution is -2.64. The van der Waals surface area contributed by atoms with Crippen molar-refractivity contribution in [2.24, 2.45) is 11.8 Å². The van der Waals surface area contributed by atoms with Crippen molar-refractivity contribution in [1.82, 2.24) is 55.6 Å². The van der Waals surface area contributed by atoms with E-state index < -0.39 is 155 Å². The maximum atomic E-state index is 15.2. The number of carbonyl (C=O) groups is 11. The summed E-state index contributed by atoms with van der Waals surface area (Å²) in [5.41, 5.74) is -1.62. The summed E-state index contributed by atoms with van der Waals surface area (Å²) in [6.07, 6.45) is 0.0161. The predicted octanol–water partition coefficient (Wildman–Crippen LogP) is 4.33. The molecule has 0 bridgehead atoms. The van der Waals surface area contributed by atoms with Gasteiger partial charge in [0.1, 0.15) is 47.8 Å². The average molecular weight is 1280 g/mol. The van der Waals surface area contributed by atoms with Crippen LogP contribution in [0.25, 0.3) is 0 Å². The van der Waals surface area contributed by atoms with Crippen molar-refractivity contribution < 1.29 is 65.9 Å². The van der Waals surface area contributed by atoms with Crippen molar-refractivity contribution in [2.75, 3.05) is 61.9 Å². The number of amides is 11. The molecule has 2 saturated heterocycles. The van der Waals surface area contributed by atoms with Gasteiger partial charge < -0.3 is 55.6 Å². The monoisotopic (exact) mass is 1280 g/mol. The Bertz CT molecular complexity index is 2960. The first kappa shape index (κ1) is 71.8. The van der Waals surface area contributed by atoms with Crippen LogP contribution in [0.2, 0.25) is 5.02 Å². The number of alkyl halides is 3. The van der Waals surface area contributed by atoms with Crippen molar-refractivity contribution in [2.45, 2.75) is 191 Å². The van der Waals surface area contributed by atoms with Crippen molar-refractivity contribution in [3.05, 3.63) is 70.2 Å². The number of nitrogens with one attached hydrogen (secondary N) is 4. The fourth-order valence-electron chi connectivity index (χ4n) is 12.6. The molecular formula is C64H91ClF3N11O11. The van der Waals surface area contributed by atoms with Gasteiger partial charge in [0.2, 0.25) is 65.0 Å². The zero-order valence-corrected chi connectivity index (χ0v) is 54.5. The molecule has 22 nitrogen and oxygen atoms in total. The summed E-state index contributed by atoms with van der Waals surface area (Å²) in [7, 11) is 8.40. The molecule has 9 atom stereocenters. The molecule has 496 valence electrons. The molecule has 11 amide bonds. The van der Waals surface area contributed by atoms with E-state index in [1.54, 1.807) is 44.2 Å². The van der Waals surface area contributed by atoms with Crippen LogP contribution < -0.4 is 21.3 Å². The summed E-state index contributed by atoms with van der Waals surface area (Å²) < 4.78 is 41.4. The quantitative estimate of drug-likeness (QED) is 0.289. The van der Waals surface area contributed by atoms with E-state index in [0.717, 1.165) is 44.6 Å². The van der Waals surface area contributed by atoms with Crippen LogP contribution in [0.4, 0.5) is 13.2 Å². The zero-order chi connectivity index (χ0) is 66.7. The van der Waals surface area contributed by atoms with Crippen LogP contribution in [0.5, 0.6) is 0 Å². The molecule has 1 spiro atoms. The normalized spacial score (nSPS) is 26.8. The number of carbonyl (C=O) groups excluding carboxylic acids is 11. The third kappa shape index (κ3) is 17.4. The van der Waals surface area contributed by atoms with E-state index in [1.165, 1.54) is 76.9 Å². The molecule has 2 aliphatic heterocycles. The van der Waals surface area contributed by atoms with Gasteiger partial charge in [-0.3, -0.25) is 52.7 Å². The number of rotatable bonds is 8. The Hall–Kier alpha value is -7.31. The lowest BCUT2D eigenvalue weighted by Gasteiger charge is -2.40. The summed E-state index contributed by atoms with van der Waals surface area (Å²) in [4.78, 5) is 168. The summed E-state index contributed by atoms with van der Waals surface area (Å²) in [6, 6.07) is 2.63. The van der Waals surface area contributed by atoms with Gasteiger partial charge in [0, 0.05) is 67.7 Å². The Balaban J connectivity index is 1.37. The molecule has 26 heteroatoms. The molecule has 2 aromatic rings. The number of fused-ring (bicyclic) bond motifs is 1. The standard InChI is InChI=1S/C64H91ClF3N11O11/c1-12-38(2)53-61(89)74(7)36-51(81)73(6)37-52(82)77(10)49(35-42-21-14-13-15-22-42)60(88)76(9)41(5)55(83)70-47(29-27-43-26-28-45(46(65)34-43)64(66,67)68)59(87)79-32-20-25-48(79)57(85)72-63(30-18-19-31-63)62(90)78(11)54(44-23-16-17-24-44)58(86)69-39(3)33-50(80)75(8)40(4)56(84)71-53/h13-15,21-22,26,28,34,38-41,44,47-49,53-54H,12,16-20,23-25,27,29-33,35-37H2,1-11H3,(H,69,86)(H,70,83)(H,71,84)(H,72,85)/t38-,39+,40-,41+,47-,48?,49-,53-,54-/m0/s1. The van der Waals surface area contributed by atoms with Crippen molar-refractivity contribution in [3.63, 3.8) is 0 Å². The summed E-state index contributed by atoms with van der Waals surface area (Å²) >= 11 is 6.12. The van der Waals surface area contributed by atoms with E-state index in [0.29, 0.717) is 49.7 Å². The minimum atomic E-state index is -4.75. The van der Waals surface area contributed by atoms with Gasteiger partial charge in [0.25, 0.3) is 0 Å². The van der Waals surface area contributed by atoms with Crippen LogP contribution in [-0.4, -0.2) is 215 Å². The molecule has 0 aromatic heterocycles. The van der Waals surface area contributed by atoms with Crippen LogP contribution in [0.3, 0.4) is 0 Å². The lowest BCUT2D eigenvalue weighted by molar-refractivity contribution is -0.150. The molecule has 4 aliphatic rings. The molecule has 2 heterocycles. The van der Waals surface area contributed by atoms with Crippen LogP contribution in [-0.2, 0) is 71.8 Å². The maximum Gasteiger partial charge on any atom is 0.417 e. The Morgan fingerprint density at radius 1 is 0.633 bits per heavy atom. The van der Waals surface area contributed by atoms with Gasteiger partial charge in [-0.05, 0) is 107 Å². The Morgan fingerprint density at radius 3 is 1.86 bits per heavy atom. The molecule has 4 fully saturated rings. The number of nitrogens with zero attached hydrogens (tertiary/aromatic N) is 7. The van der Waals surface area contributed by atoms with Crippen LogP contribution >= 0.6 is 11.6 Å². The highest BCUT2D eigenvalue weighted by molar-refractivity contribution is 6.31. The third-order valence-electron chi connectivity index (χ3n) is 18.9. The zero-order valence-electron chi connectivity index (χ0n) is 53.8. The highest BCUT2D eigenvalue weighted by atomic mass is 35.5. The highest BCUT2D eigenvalue weighted by Crippen LogP contribution is 2.38. The van der Waals surface area contributed by atoms with Gasteiger partial charge in [-0.2, -0.15) is 13.2 Å². The molecule has 2 aliphatic carbocycles. The Kier molecular flexibility index (Phi) is 24.8. The number of hydrogen-bond acceptors (Lipinski definition) is 11. The number of benzene rings is 2. The topological polar surface area (TPSA) is 259 Å².